The van der Waals surface area contributed by atoms with E-state index in [2.05, 4.69) is 10.6 Å². The molecule has 0 spiro atoms. The Hall–Kier alpha value is -3.80. The van der Waals surface area contributed by atoms with Gasteiger partial charge < -0.3 is 19.8 Å². The van der Waals surface area contributed by atoms with Crippen LogP contribution in [0.15, 0.2) is 77.0 Å². The topological polar surface area (TPSA) is 80.6 Å². The monoisotopic (exact) mass is 418 g/mol. The number of nitrogens with one attached hydrogen (secondary N) is 2. The van der Waals surface area contributed by atoms with Crippen LogP contribution in [0.25, 0.3) is 6.08 Å². The third-order valence-corrected chi connectivity index (χ3v) is 4.71. The van der Waals surface area contributed by atoms with Gasteiger partial charge in [-0.25, -0.2) is 0 Å². The van der Waals surface area contributed by atoms with Gasteiger partial charge in [0.2, 0.25) is 0 Å². The van der Waals surface area contributed by atoms with Crippen LogP contribution in [0.3, 0.4) is 0 Å². The molecule has 6 nitrogen and oxygen atoms in total. The summed E-state index contributed by atoms with van der Waals surface area (Å²) in [6.07, 6.45) is 2.99. The van der Waals surface area contributed by atoms with Gasteiger partial charge in [0.15, 0.2) is 0 Å². The Bertz CT molecular complexity index is 1060. The minimum absolute atomic E-state index is 0.0850. The largest absolute Gasteiger partial charge is 0.491 e. The van der Waals surface area contributed by atoms with Crippen LogP contribution < -0.4 is 15.4 Å². The average Bonchev–Trinajstić information content (AvgIpc) is 3.28. The zero-order valence-electron chi connectivity index (χ0n) is 17.8. The highest BCUT2D eigenvalue weighted by molar-refractivity contribution is 6.05. The number of hydrogen-bond acceptors (Lipinski definition) is 4. The predicted molar refractivity (Wildman–Crippen MR) is 120 cm³/mol. The van der Waals surface area contributed by atoms with Crippen molar-refractivity contribution in [2.24, 2.45) is 0 Å². The van der Waals surface area contributed by atoms with Gasteiger partial charge in [-0.2, -0.15) is 0 Å². The van der Waals surface area contributed by atoms with Crippen LogP contribution in [0.1, 0.15) is 34.2 Å². The molecule has 2 amide bonds. The van der Waals surface area contributed by atoms with Crippen LogP contribution >= 0.6 is 0 Å². The Morgan fingerprint density at radius 1 is 1.03 bits per heavy atom. The number of hydrogen-bond donors (Lipinski definition) is 2. The van der Waals surface area contributed by atoms with Gasteiger partial charge in [-0.15, -0.1) is 0 Å². The summed E-state index contributed by atoms with van der Waals surface area (Å²) >= 11 is 0. The van der Waals surface area contributed by atoms with Gasteiger partial charge in [0, 0.05) is 11.6 Å². The molecular formula is C25H26N2O4. The van der Waals surface area contributed by atoms with Crippen molar-refractivity contribution in [2.75, 3.05) is 6.61 Å². The molecule has 3 aromatic rings. The van der Waals surface area contributed by atoms with Crippen molar-refractivity contribution in [3.05, 3.63) is 95.1 Å². The van der Waals surface area contributed by atoms with E-state index in [0.29, 0.717) is 11.3 Å². The Balaban J connectivity index is 1.66. The van der Waals surface area contributed by atoms with Crippen LogP contribution in [-0.2, 0) is 4.79 Å². The SMILES string of the molecule is Cc1ccc(OC[C@@H](C)NC(=O)/C(=C/c2ccco2)NC(=O)c2ccccc2)cc1C. The van der Waals surface area contributed by atoms with Gasteiger partial charge in [-0.05, 0) is 68.3 Å². The Labute approximate surface area is 181 Å². The van der Waals surface area contributed by atoms with Gasteiger partial charge in [0.05, 0.1) is 12.3 Å². The molecule has 0 unspecified atom stereocenters. The smallest absolute Gasteiger partial charge is 0.268 e. The van der Waals surface area contributed by atoms with Crippen molar-refractivity contribution in [3.63, 3.8) is 0 Å². The molecule has 0 saturated heterocycles. The van der Waals surface area contributed by atoms with Gasteiger partial charge in [-0.3, -0.25) is 9.59 Å². The summed E-state index contributed by atoms with van der Waals surface area (Å²) in [5.41, 5.74) is 2.87. The molecule has 1 aromatic heterocycles. The van der Waals surface area contributed by atoms with E-state index in [1.165, 1.54) is 17.9 Å². The number of amides is 2. The standard InChI is InChI=1S/C25H26N2O4/c1-17-11-12-22(14-18(17)2)31-16-19(3)26-25(29)23(15-21-10-7-13-30-21)27-24(28)20-8-5-4-6-9-20/h4-15,19H,16H2,1-3H3,(H,26,29)(H,27,28)/b23-15-/t19-/m1/s1. The molecule has 160 valence electrons. The molecule has 2 aromatic carbocycles. The lowest BCUT2D eigenvalue weighted by molar-refractivity contribution is -0.118. The van der Waals surface area contributed by atoms with Crippen molar-refractivity contribution >= 4 is 17.9 Å². The van der Waals surface area contributed by atoms with Crippen molar-refractivity contribution in [2.45, 2.75) is 26.8 Å². The van der Waals surface area contributed by atoms with E-state index < -0.39 is 5.91 Å². The average molecular weight is 418 g/mol. The van der Waals surface area contributed by atoms with Gasteiger partial charge >= 0.3 is 0 Å². The van der Waals surface area contributed by atoms with Crippen molar-refractivity contribution in [1.29, 1.82) is 0 Å². The third-order valence-electron chi connectivity index (χ3n) is 4.71. The molecule has 0 saturated carbocycles. The van der Waals surface area contributed by atoms with Gasteiger partial charge in [0.25, 0.3) is 11.8 Å². The van der Waals surface area contributed by atoms with E-state index in [1.807, 2.05) is 45.0 Å². The second kappa shape index (κ2) is 10.3. The van der Waals surface area contributed by atoms with Crippen molar-refractivity contribution in [1.82, 2.24) is 10.6 Å². The van der Waals surface area contributed by atoms with Gasteiger partial charge in [0.1, 0.15) is 23.8 Å². The molecule has 31 heavy (non-hydrogen) atoms. The lowest BCUT2D eigenvalue weighted by atomic mass is 10.1. The molecule has 1 heterocycles. The van der Waals surface area contributed by atoms with Crippen LogP contribution in [0.4, 0.5) is 0 Å². The first-order valence-corrected chi connectivity index (χ1v) is 10.0. The van der Waals surface area contributed by atoms with E-state index >= 15 is 0 Å². The fourth-order valence-corrected chi connectivity index (χ4v) is 2.83. The van der Waals surface area contributed by atoms with Gasteiger partial charge in [-0.1, -0.05) is 24.3 Å². The summed E-state index contributed by atoms with van der Waals surface area (Å²) in [7, 11) is 0. The van der Waals surface area contributed by atoms with E-state index in [4.69, 9.17) is 9.15 Å². The minimum atomic E-state index is -0.433. The summed E-state index contributed by atoms with van der Waals surface area (Å²) < 4.78 is 11.1. The molecule has 0 fully saturated rings. The summed E-state index contributed by atoms with van der Waals surface area (Å²) in [6, 6.07) is 17.7. The van der Waals surface area contributed by atoms with Crippen molar-refractivity contribution < 1.29 is 18.7 Å². The molecule has 0 radical (unpaired) electrons. The predicted octanol–water partition coefficient (Wildman–Crippen LogP) is 4.25. The van der Waals surface area contributed by atoms with E-state index in [1.54, 1.807) is 36.4 Å². The number of benzene rings is 2. The summed E-state index contributed by atoms with van der Waals surface area (Å²) in [6.45, 7) is 6.19. The molecular weight excluding hydrogens is 392 g/mol. The van der Waals surface area contributed by atoms with E-state index in [-0.39, 0.29) is 24.3 Å². The number of aryl methyl sites for hydroxylation is 2. The third kappa shape index (κ3) is 6.34. The second-order valence-corrected chi connectivity index (χ2v) is 7.33. The molecule has 1 atom stereocenters. The van der Waals surface area contributed by atoms with Crippen LogP contribution in [0, 0.1) is 13.8 Å². The highest BCUT2D eigenvalue weighted by atomic mass is 16.5. The lowest BCUT2D eigenvalue weighted by Gasteiger charge is -2.17. The zero-order valence-corrected chi connectivity index (χ0v) is 17.8. The second-order valence-electron chi connectivity index (χ2n) is 7.33. The normalized spacial score (nSPS) is 12.2. The zero-order chi connectivity index (χ0) is 22.2. The van der Waals surface area contributed by atoms with Crippen LogP contribution in [0.2, 0.25) is 0 Å². The first kappa shape index (κ1) is 21.9. The molecule has 0 aliphatic carbocycles. The Morgan fingerprint density at radius 3 is 2.48 bits per heavy atom. The number of ether oxygens (including phenoxy) is 1. The molecule has 2 N–H and O–H groups in total. The first-order valence-electron chi connectivity index (χ1n) is 10.0. The Kier molecular flexibility index (Phi) is 7.27. The molecule has 0 aliphatic heterocycles. The quantitative estimate of drug-likeness (QED) is 0.536. The fourth-order valence-electron chi connectivity index (χ4n) is 2.83. The molecule has 3 rings (SSSR count). The highest BCUT2D eigenvalue weighted by Crippen LogP contribution is 2.16. The maximum atomic E-state index is 12.9. The highest BCUT2D eigenvalue weighted by Gasteiger charge is 2.17. The molecule has 0 bridgehead atoms. The van der Waals surface area contributed by atoms with Crippen molar-refractivity contribution in [3.8, 4) is 5.75 Å². The minimum Gasteiger partial charge on any atom is -0.491 e. The number of carbonyl (C=O) groups excluding carboxylic acids is 2. The number of carbonyl (C=O) groups is 2. The van der Waals surface area contributed by atoms with Crippen LogP contribution in [-0.4, -0.2) is 24.5 Å². The summed E-state index contributed by atoms with van der Waals surface area (Å²) in [4.78, 5) is 25.4. The maximum Gasteiger partial charge on any atom is 0.268 e. The number of rotatable bonds is 8. The van der Waals surface area contributed by atoms with E-state index in [9.17, 15) is 9.59 Å². The maximum absolute atomic E-state index is 12.9. The summed E-state index contributed by atoms with van der Waals surface area (Å²) in [5, 5.41) is 5.53. The molecule has 6 heteroatoms. The lowest BCUT2D eigenvalue weighted by Crippen LogP contribution is -2.41. The molecule has 0 aliphatic rings. The Morgan fingerprint density at radius 2 is 1.81 bits per heavy atom. The van der Waals surface area contributed by atoms with E-state index in [0.717, 1.165) is 11.3 Å². The van der Waals surface area contributed by atoms with Crippen LogP contribution in [0.5, 0.6) is 5.75 Å². The fraction of sp³-hybridized carbons (Fsp3) is 0.200. The first-order chi connectivity index (χ1) is 14.9. The summed E-state index contributed by atoms with van der Waals surface area (Å²) in [5.74, 6) is 0.384. The number of furan rings is 1.